The zero-order valence-corrected chi connectivity index (χ0v) is 20.1. The number of benzene rings is 3. The average molecular weight is 584 g/mol. The first-order valence-electron chi connectivity index (χ1n) is 9.74. The standard InChI is InChI=1S/C23H12Br2N4O5/c24-14-5-6-19-12(7-14)9-20(34-19)22-27-17-4-2-1-3-16(17)23(31)28(22)26-11-13-8-15(25)10-18(21(13)30)29(32)33/h1-11,30H. The molecule has 168 valence electrons. The third-order valence-corrected chi connectivity index (χ3v) is 6.00. The Balaban J connectivity index is 1.74. The van der Waals surface area contributed by atoms with E-state index in [0.29, 0.717) is 26.7 Å². The molecular weight excluding hydrogens is 572 g/mol. The lowest BCUT2D eigenvalue weighted by Crippen LogP contribution is -2.20. The normalized spacial score (nSPS) is 11.6. The van der Waals surface area contributed by atoms with E-state index in [1.807, 2.05) is 12.1 Å². The fourth-order valence-corrected chi connectivity index (χ4v) is 4.32. The van der Waals surface area contributed by atoms with Crippen LogP contribution in [0.25, 0.3) is 33.5 Å². The van der Waals surface area contributed by atoms with Gasteiger partial charge in [0.2, 0.25) is 11.6 Å². The molecule has 5 aromatic rings. The Morgan fingerprint density at radius 1 is 1.09 bits per heavy atom. The lowest BCUT2D eigenvalue weighted by Gasteiger charge is -2.07. The second kappa shape index (κ2) is 8.50. The van der Waals surface area contributed by atoms with Gasteiger partial charge in [0.05, 0.1) is 22.0 Å². The van der Waals surface area contributed by atoms with Crippen LogP contribution in [-0.4, -0.2) is 25.9 Å². The van der Waals surface area contributed by atoms with Crippen LogP contribution < -0.4 is 5.56 Å². The Kier molecular flexibility index (Phi) is 5.50. The first-order chi connectivity index (χ1) is 16.3. The molecule has 0 aliphatic heterocycles. The first-order valence-corrected chi connectivity index (χ1v) is 11.3. The highest BCUT2D eigenvalue weighted by molar-refractivity contribution is 9.10. The van der Waals surface area contributed by atoms with Crippen molar-refractivity contribution in [3.8, 4) is 17.3 Å². The number of hydrogen-bond donors (Lipinski definition) is 1. The summed E-state index contributed by atoms with van der Waals surface area (Å²) in [6, 6.07) is 16.7. The van der Waals surface area contributed by atoms with Gasteiger partial charge in [0.1, 0.15) is 5.58 Å². The highest BCUT2D eigenvalue weighted by Gasteiger charge is 2.19. The number of nitrogens with zero attached hydrogens (tertiary/aromatic N) is 4. The fourth-order valence-electron chi connectivity index (χ4n) is 3.48. The van der Waals surface area contributed by atoms with Crippen molar-refractivity contribution >= 4 is 65.6 Å². The molecule has 0 saturated heterocycles. The van der Waals surface area contributed by atoms with Gasteiger partial charge >= 0.3 is 5.69 Å². The molecule has 34 heavy (non-hydrogen) atoms. The summed E-state index contributed by atoms with van der Waals surface area (Å²) < 4.78 is 8.21. The molecule has 0 amide bonds. The van der Waals surface area contributed by atoms with Crippen molar-refractivity contribution in [2.75, 3.05) is 0 Å². The third kappa shape index (κ3) is 3.88. The second-order valence-corrected chi connectivity index (χ2v) is 9.06. The smallest absolute Gasteiger partial charge is 0.312 e. The summed E-state index contributed by atoms with van der Waals surface area (Å²) in [5.74, 6) is -0.136. The summed E-state index contributed by atoms with van der Waals surface area (Å²) in [6.45, 7) is 0. The number of hydrogen-bond acceptors (Lipinski definition) is 7. The molecule has 0 atom stereocenters. The summed E-state index contributed by atoms with van der Waals surface area (Å²) in [7, 11) is 0. The molecule has 3 aromatic carbocycles. The largest absolute Gasteiger partial charge is 0.502 e. The number of para-hydroxylation sites is 1. The number of rotatable bonds is 4. The van der Waals surface area contributed by atoms with Crippen molar-refractivity contribution < 1.29 is 14.4 Å². The van der Waals surface area contributed by atoms with E-state index in [-0.39, 0.29) is 11.4 Å². The van der Waals surface area contributed by atoms with Crippen LogP contribution >= 0.6 is 31.9 Å². The summed E-state index contributed by atoms with van der Waals surface area (Å²) in [6.07, 6.45) is 1.16. The van der Waals surface area contributed by atoms with Gasteiger partial charge in [-0.2, -0.15) is 9.78 Å². The van der Waals surface area contributed by atoms with Gasteiger partial charge in [0, 0.05) is 26.0 Å². The first kappa shape index (κ1) is 22.0. The summed E-state index contributed by atoms with van der Waals surface area (Å²) in [4.78, 5) is 28.4. The van der Waals surface area contributed by atoms with Gasteiger partial charge in [0.15, 0.2) is 5.76 Å². The third-order valence-electron chi connectivity index (χ3n) is 5.05. The van der Waals surface area contributed by atoms with E-state index in [0.717, 1.165) is 20.7 Å². The summed E-state index contributed by atoms with van der Waals surface area (Å²) >= 11 is 6.61. The number of aromatic nitrogens is 2. The molecule has 9 nitrogen and oxygen atoms in total. The van der Waals surface area contributed by atoms with Crippen molar-refractivity contribution in [2.24, 2.45) is 5.10 Å². The van der Waals surface area contributed by atoms with Gasteiger partial charge in [-0.3, -0.25) is 14.9 Å². The zero-order chi connectivity index (χ0) is 24.0. The number of nitro groups is 1. The minimum Gasteiger partial charge on any atom is -0.502 e. The van der Waals surface area contributed by atoms with Crippen molar-refractivity contribution in [1.29, 1.82) is 0 Å². The maximum atomic E-state index is 13.3. The number of phenolic OH excluding ortho intramolecular Hbond substituents is 1. The van der Waals surface area contributed by atoms with Crippen LogP contribution in [0.2, 0.25) is 0 Å². The maximum Gasteiger partial charge on any atom is 0.312 e. The molecule has 0 aliphatic rings. The topological polar surface area (TPSA) is 124 Å². The number of phenols is 1. The summed E-state index contributed by atoms with van der Waals surface area (Å²) in [5.41, 5.74) is 0.124. The SMILES string of the molecule is O=c1c2ccccc2nc(-c2cc3cc(Br)ccc3o2)n1N=Cc1cc(Br)cc([N+](=O)[O-])c1O. The van der Waals surface area contributed by atoms with Crippen LogP contribution in [0.15, 0.2) is 83.9 Å². The van der Waals surface area contributed by atoms with Crippen LogP contribution in [0.1, 0.15) is 5.56 Å². The van der Waals surface area contributed by atoms with E-state index >= 15 is 0 Å². The molecule has 0 unspecified atom stereocenters. The molecule has 5 rings (SSSR count). The highest BCUT2D eigenvalue weighted by atomic mass is 79.9. The zero-order valence-electron chi connectivity index (χ0n) is 17.0. The molecule has 11 heteroatoms. The van der Waals surface area contributed by atoms with Gasteiger partial charge in [-0.1, -0.05) is 44.0 Å². The van der Waals surface area contributed by atoms with Crippen LogP contribution in [-0.2, 0) is 0 Å². The van der Waals surface area contributed by atoms with Gasteiger partial charge in [-0.25, -0.2) is 4.98 Å². The molecule has 0 bridgehead atoms. The van der Waals surface area contributed by atoms with E-state index in [2.05, 4.69) is 41.9 Å². The lowest BCUT2D eigenvalue weighted by atomic mass is 10.2. The molecule has 2 aromatic heterocycles. The predicted octanol–water partition coefficient (Wildman–Crippen LogP) is 5.83. The Morgan fingerprint density at radius 3 is 2.68 bits per heavy atom. The molecule has 0 saturated carbocycles. The van der Waals surface area contributed by atoms with Gasteiger partial charge in [0.25, 0.3) is 5.56 Å². The Labute approximate surface area is 207 Å². The van der Waals surface area contributed by atoms with Crippen LogP contribution in [0, 0.1) is 10.1 Å². The van der Waals surface area contributed by atoms with Gasteiger partial charge in [-0.05, 0) is 42.5 Å². The quantitative estimate of drug-likeness (QED) is 0.161. The van der Waals surface area contributed by atoms with E-state index < -0.39 is 21.9 Å². The molecule has 0 radical (unpaired) electrons. The Bertz CT molecular complexity index is 1710. The number of aromatic hydroxyl groups is 1. The van der Waals surface area contributed by atoms with Gasteiger partial charge in [-0.15, -0.1) is 0 Å². The molecule has 2 heterocycles. The van der Waals surface area contributed by atoms with E-state index in [1.54, 1.807) is 36.4 Å². The highest BCUT2D eigenvalue weighted by Crippen LogP contribution is 2.33. The van der Waals surface area contributed by atoms with E-state index in [9.17, 15) is 20.0 Å². The maximum absolute atomic E-state index is 13.3. The predicted molar refractivity (Wildman–Crippen MR) is 134 cm³/mol. The number of halogens is 2. The molecular formula is C23H12Br2N4O5. The number of nitro benzene ring substituents is 1. The fraction of sp³-hybridized carbons (Fsp3) is 0. The molecule has 0 spiro atoms. The van der Waals surface area contributed by atoms with Gasteiger partial charge < -0.3 is 9.52 Å². The Morgan fingerprint density at radius 2 is 1.88 bits per heavy atom. The molecule has 0 fully saturated rings. The number of fused-ring (bicyclic) bond motifs is 2. The van der Waals surface area contributed by atoms with Crippen molar-refractivity contribution in [2.45, 2.75) is 0 Å². The second-order valence-electron chi connectivity index (χ2n) is 7.23. The summed E-state index contributed by atoms with van der Waals surface area (Å²) in [5, 5.41) is 26.9. The van der Waals surface area contributed by atoms with Crippen LogP contribution in [0.4, 0.5) is 5.69 Å². The molecule has 0 aliphatic carbocycles. The van der Waals surface area contributed by atoms with E-state index in [1.165, 1.54) is 12.1 Å². The van der Waals surface area contributed by atoms with Crippen molar-refractivity contribution in [3.63, 3.8) is 0 Å². The number of furan rings is 1. The Hall–Kier alpha value is -3.83. The minimum absolute atomic E-state index is 0.0422. The lowest BCUT2D eigenvalue weighted by molar-refractivity contribution is -0.385. The van der Waals surface area contributed by atoms with E-state index in [4.69, 9.17) is 4.42 Å². The van der Waals surface area contributed by atoms with Crippen LogP contribution in [0.3, 0.4) is 0 Å². The van der Waals surface area contributed by atoms with Crippen LogP contribution in [0.5, 0.6) is 5.75 Å². The average Bonchev–Trinajstić information content (AvgIpc) is 3.23. The monoisotopic (exact) mass is 582 g/mol. The minimum atomic E-state index is -0.709. The van der Waals surface area contributed by atoms with Crippen molar-refractivity contribution in [3.05, 3.63) is 95.6 Å². The van der Waals surface area contributed by atoms with Crippen molar-refractivity contribution in [1.82, 2.24) is 9.66 Å². The molecule has 1 N–H and O–H groups in total.